The van der Waals surface area contributed by atoms with Crippen LogP contribution in [-0.4, -0.2) is 50.5 Å². The molecule has 38 heavy (non-hydrogen) atoms. The smallest absolute Gasteiger partial charge is 0.354 e. The van der Waals surface area contributed by atoms with Gasteiger partial charge >= 0.3 is 6.18 Å². The summed E-state index contributed by atoms with van der Waals surface area (Å²) in [7, 11) is -3.93. The number of benzene rings is 2. The fraction of sp³-hybridized carbons (Fsp3) is 0.462. The van der Waals surface area contributed by atoms with Gasteiger partial charge in [-0.25, -0.2) is 8.42 Å². The lowest BCUT2D eigenvalue weighted by atomic mass is 10.1. The average Bonchev–Trinajstić information content (AvgIpc) is 2.83. The Morgan fingerprint density at radius 2 is 1.68 bits per heavy atom. The average molecular weight is 576 g/mol. The Labute approximate surface area is 227 Å². The van der Waals surface area contributed by atoms with Crippen molar-refractivity contribution in [2.45, 2.75) is 52.4 Å². The minimum absolute atomic E-state index is 0.0274. The van der Waals surface area contributed by atoms with Gasteiger partial charge in [0, 0.05) is 31.1 Å². The molecule has 0 heterocycles. The fourth-order valence-electron chi connectivity index (χ4n) is 3.66. The van der Waals surface area contributed by atoms with Crippen LogP contribution in [0.3, 0.4) is 0 Å². The molecule has 0 aromatic heterocycles. The maximum absolute atomic E-state index is 13.3. The van der Waals surface area contributed by atoms with Gasteiger partial charge in [0.25, 0.3) is 0 Å². The first-order valence-corrected chi connectivity index (χ1v) is 14.3. The molecule has 0 saturated heterocycles. The summed E-state index contributed by atoms with van der Waals surface area (Å²) in [6.45, 7) is 5.84. The molecule has 1 N–H and O–H groups in total. The van der Waals surface area contributed by atoms with E-state index in [0.717, 1.165) is 34.3 Å². The van der Waals surface area contributed by atoms with E-state index < -0.39 is 33.7 Å². The van der Waals surface area contributed by atoms with E-state index in [1.54, 1.807) is 31.2 Å². The molecule has 1 unspecified atom stereocenters. The van der Waals surface area contributed by atoms with Crippen molar-refractivity contribution in [2.24, 2.45) is 5.92 Å². The zero-order chi connectivity index (χ0) is 28.7. The molecule has 12 heteroatoms. The van der Waals surface area contributed by atoms with E-state index in [2.05, 4.69) is 5.32 Å². The van der Waals surface area contributed by atoms with E-state index >= 15 is 0 Å². The molecule has 0 aliphatic carbocycles. The van der Waals surface area contributed by atoms with E-state index in [4.69, 9.17) is 11.6 Å². The van der Waals surface area contributed by atoms with Crippen LogP contribution in [0.4, 0.5) is 18.9 Å². The van der Waals surface area contributed by atoms with Crippen molar-refractivity contribution in [2.75, 3.05) is 23.7 Å². The molecule has 0 radical (unpaired) electrons. The van der Waals surface area contributed by atoms with E-state index in [-0.39, 0.29) is 43.4 Å². The number of alkyl halides is 3. The number of rotatable bonds is 12. The van der Waals surface area contributed by atoms with Crippen molar-refractivity contribution in [3.8, 4) is 0 Å². The van der Waals surface area contributed by atoms with Crippen LogP contribution in [0, 0.1) is 5.92 Å². The Kier molecular flexibility index (Phi) is 11.0. The molecule has 0 spiro atoms. The van der Waals surface area contributed by atoms with Crippen LogP contribution in [0.25, 0.3) is 0 Å². The maximum Gasteiger partial charge on any atom is 0.416 e. The van der Waals surface area contributed by atoms with Crippen LogP contribution in [0.5, 0.6) is 0 Å². The molecule has 7 nitrogen and oxygen atoms in total. The molecule has 0 aliphatic rings. The van der Waals surface area contributed by atoms with Crippen molar-refractivity contribution in [3.05, 3.63) is 64.7 Å². The third kappa shape index (κ3) is 9.50. The predicted octanol–water partition coefficient (Wildman–Crippen LogP) is 5.09. The summed E-state index contributed by atoms with van der Waals surface area (Å²) in [5, 5.41) is 3.33. The molecule has 0 saturated carbocycles. The molecule has 210 valence electrons. The minimum Gasteiger partial charge on any atom is -0.354 e. The zero-order valence-electron chi connectivity index (χ0n) is 21.8. The lowest BCUT2D eigenvalue weighted by Gasteiger charge is -2.29. The van der Waals surface area contributed by atoms with Gasteiger partial charge < -0.3 is 10.2 Å². The third-order valence-electron chi connectivity index (χ3n) is 5.73. The number of anilines is 1. The van der Waals surface area contributed by atoms with Gasteiger partial charge in [-0.3, -0.25) is 13.9 Å². The van der Waals surface area contributed by atoms with Gasteiger partial charge in [0.2, 0.25) is 21.8 Å². The number of nitrogens with one attached hydrogen (secondary N) is 1. The number of halogens is 4. The topological polar surface area (TPSA) is 86.8 Å². The Morgan fingerprint density at radius 1 is 1.05 bits per heavy atom. The summed E-state index contributed by atoms with van der Waals surface area (Å²) in [4.78, 5) is 27.4. The van der Waals surface area contributed by atoms with Crippen molar-refractivity contribution >= 4 is 39.1 Å². The Hall–Kier alpha value is -2.79. The molecule has 0 bridgehead atoms. The highest BCUT2D eigenvalue weighted by molar-refractivity contribution is 7.92. The molecule has 1 atom stereocenters. The van der Waals surface area contributed by atoms with E-state index in [1.165, 1.54) is 11.0 Å². The summed E-state index contributed by atoms with van der Waals surface area (Å²) in [5.74, 6) is -0.517. The number of sulfonamides is 1. The van der Waals surface area contributed by atoms with Gasteiger partial charge in [-0.05, 0) is 55.2 Å². The quantitative estimate of drug-likeness (QED) is 0.382. The predicted molar refractivity (Wildman–Crippen MR) is 142 cm³/mol. The van der Waals surface area contributed by atoms with Crippen LogP contribution in [-0.2, 0) is 32.3 Å². The zero-order valence-corrected chi connectivity index (χ0v) is 23.3. The van der Waals surface area contributed by atoms with Crippen molar-refractivity contribution in [3.63, 3.8) is 0 Å². The number of carbonyl (C=O) groups excluding carboxylic acids is 2. The lowest BCUT2D eigenvalue weighted by molar-refractivity contribution is -0.140. The molecule has 2 aromatic rings. The largest absolute Gasteiger partial charge is 0.416 e. The first-order chi connectivity index (χ1) is 17.6. The van der Waals surface area contributed by atoms with Crippen molar-refractivity contribution in [1.82, 2.24) is 10.2 Å². The Balaban J connectivity index is 2.20. The first kappa shape index (κ1) is 31.4. The number of carbonyl (C=O) groups is 2. The number of nitrogens with zero attached hydrogens (tertiary/aromatic N) is 2. The molecule has 2 rings (SSSR count). The molecular weight excluding hydrogens is 543 g/mol. The maximum atomic E-state index is 13.3. The van der Waals surface area contributed by atoms with Gasteiger partial charge in [0.1, 0.15) is 6.04 Å². The fourth-order valence-corrected chi connectivity index (χ4v) is 4.75. The first-order valence-electron chi connectivity index (χ1n) is 12.1. The van der Waals surface area contributed by atoms with Gasteiger partial charge in [-0.15, -0.1) is 0 Å². The molecule has 0 aliphatic heterocycles. The Morgan fingerprint density at radius 3 is 2.24 bits per heavy atom. The summed E-state index contributed by atoms with van der Waals surface area (Å²) in [6.07, 6.45) is -3.84. The molecule has 2 aromatic carbocycles. The lowest BCUT2D eigenvalue weighted by Crippen LogP contribution is -2.48. The second kappa shape index (κ2) is 13.3. The highest BCUT2D eigenvalue weighted by Gasteiger charge is 2.32. The van der Waals surface area contributed by atoms with Crippen LogP contribution >= 0.6 is 11.6 Å². The normalized spacial score (nSPS) is 12.8. The second-order valence-electron chi connectivity index (χ2n) is 9.45. The van der Waals surface area contributed by atoms with Gasteiger partial charge in [0.15, 0.2) is 0 Å². The van der Waals surface area contributed by atoms with Crippen LogP contribution in [0.15, 0.2) is 48.5 Å². The SMILES string of the molecule is CC(C)CNC(=O)C(C)N(Cc1ccc(Cl)cc1)C(=O)CCCN(c1cccc(C(F)(F)F)c1)S(C)(=O)=O. The Bertz CT molecular complexity index is 1200. The second-order valence-corrected chi connectivity index (χ2v) is 11.8. The number of hydrogen-bond donors (Lipinski definition) is 1. The van der Waals surface area contributed by atoms with Crippen LogP contribution < -0.4 is 9.62 Å². The van der Waals surface area contributed by atoms with Gasteiger partial charge in [-0.2, -0.15) is 13.2 Å². The standard InChI is InChI=1S/C26H33ClF3N3O4S/c1-18(2)16-31-25(35)19(3)32(17-20-10-12-22(27)13-11-20)24(34)9-6-14-33(38(4,36)37)23-8-5-7-21(15-23)26(28,29)30/h5,7-8,10-13,15,18-19H,6,9,14,16-17H2,1-4H3,(H,31,35). The summed E-state index contributed by atoms with van der Waals surface area (Å²) in [5.41, 5.74) is -0.377. The summed E-state index contributed by atoms with van der Waals surface area (Å²) in [6, 6.07) is 10.0. The van der Waals surface area contributed by atoms with E-state index in [0.29, 0.717) is 11.6 Å². The van der Waals surface area contributed by atoms with Crippen LogP contribution in [0.2, 0.25) is 5.02 Å². The third-order valence-corrected chi connectivity index (χ3v) is 7.18. The highest BCUT2D eigenvalue weighted by Crippen LogP contribution is 2.32. The van der Waals surface area contributed by atoms with Crippen LogP contribution in [0.1, 0.15) is 44.7 Å². The van der Waals surface area contributed by atoms with Gasteiger partial charge in [0.05, 0.1) is 17.5 Å². The molecular formula is C26H33ClF3N3O4S. The van der Waals surface area contributed by atoms with Crippen molar-refractivity contribution in [1.29, 1.82) is 0 Å². The summed E-state index contributed by atoms with van der Waals surface area (Å²) >= 11 is 5.95. The number of amides is 2. The monoisotopic (exact) mass is 575 g/mol. The van der Waals surface area contributed by atoms with Crippen molar-refractivity contribution < 1.29 is 31.2 Å². The van der Waals surface area contributed by atoms with Gasteiger partial charge in [-0.1, -0.05) is 43.6 Å². The van der Waals surface area contributed by atoms with E-state index in [9.17, 15) is 31.2 Å². The minimum atomic E-state index is -4.64. The number of hydrogen-bond acceptors (Lipinski definition) is 4. The summed E-state index contributed by atoms with van der Waals surface area (Å²) < 4.78 is 65.1. The molecule has 0 fully saturated rings. The highest BCUT2D eigenvalue weighted by atomic mass is 35.5. The van der Waals surface area contributed by atoms with E-state index in [1.807, 2.05) is 13.8 Å². The molecule has 2 amide bonds.